The van der Waals surface area contributed by atoms with Gasteiger partial charge < -0.3 is 14.6 Å². The largest absolute Gasteiger partial charge is 0.467 e. The van der Waals surface area contributed by atoms with Gasteiger partial charge in [-0.1, -0.05) is 23.7 Å². The summed E-state index contributed by atoms with van der Waals surface area (Å²) in [6.45, 7) is -0.00489. The monoisotopic (exact) mass is 612 g/mol. The summed E-state index contributed by atoms with van der Waals surface area (Å²) in [5.41, 5.74) is -1.33. The highest BCUT2D eigenvalue weighted by Crippen LogP contribution is 2.37. The molecule has 0 fully saturated rings. The van der Waals surface area contributed by atoms with E-state index in [0.717, 1.165) is 11.3 Å². The van der Waals surface area contributed by atoms with Gasteiger partial charge in [-0.05, 0) is 42.5 Å². The van der Waals surface area contributed by atoms with Crippen molar-refractivity contribution < 1.29 is 35.6 Å². The first-order chi connectivity index (χ1) is 19.4. The topological polar surface area (TPSA) is 62.8 Å². The summed E-state index contributed by atoms with van der Waals surface area (Å²) in [5.74, 6) is 0.378. The molecular formula is C27H19ClF6N4O2S. The zero-order chi connectivity index (χ0) is 29.4. The first-order valence-electron chi connectivity index (χ1n) is 12.0. The minimum atomic E-state index is -5.05. The van der Waals surface area contributed by atoms with Crippen molar-refractivity contribution in [2.24, 2.45) is 0 Å². The van der Waals surface area contributed by atoms with Crippen LogP contribution in [-0.2, 0) is 25.3 Å². The highest BCUT2D eigenvalue weighted by Gasteiger charge is 2.37. The molecule has 1 N–H and O–H groups in total. The zero-order valence-electron chi connectivity index (χ0n) is 20.8. The van der Waals surface area contributed by atoms with Gasteiger partial charge in [0.05, 0.1) is 29.6 Å². The quantitative estimate of drug-likeness (QED) is 0.187. The number of anilines is 1. The maximum atomic E-state index is 13.3. The number of amides is 2. The summed E-state index contributed by atoms with van der Waals surface area (Å²) in [6.07, 6.45) is -6.56. The summed E-state index contributed by atoms with van der Waals surface area (Å²) in [4.78, 5) is 19.7. The SMILES string of the molecule is O=C(Nc1cc(C(F)(F)F)cc(C(F)(F)F)c1)N(CCc1csc2nc(-c3ccc(Cl)cc3)cn12)Cc1ccco1. The van der Waals surface area contributed by atoms with Crippen LogP contribution < -0.4 is 5.32 Å². The molecule has 0 saturated carbocycles. The Bertz CT molecular complexity index is 1630. The third-order valence-corrected chi connectivity index (χ3v) is 7.25. The Kier molecular flexibility index (Phi) is 7.75. The van der Waals surface area contributed by atoms with Crippen molar-refractivity contribution in [3.63, 3.8) is 0 Å². The molecule has 5 aromatic rings. The van der Waals surface area contributed by atoms with E-state index in [1.165, 1.54) is 22.5 Å². The molecule has 0 radical (unpaired) electrons. The molecular weight excluding hydrogens is 594 g/mol. The minimum Gasteiger partial charge on any atom is -0.467 e. The van der Waals surface area contributed by atoms with Gasteiger partial charge in [0.15, 0.2) is 4.96 Å². The number of carbonyl (C=O) groups excluding carboxylic acids is 1. The lowest BCUT2D eigenvalue weighted by Gasteiger charge is -2.23. The van der Waals surface area contributed by atoms with Crippen LogP contribution in [0, 0.1) is 0 Å². The van der Waals surface area contributed by atoms with Crippen molar-refractivity contribution in [2.45, 2.75) is 25.3 Å². The summed E-state index contributed by atoms with van der Waals surface area (Å²) in [6, 6.07) is 10.4. The molecule has 14 heteroatoms. The number of urea groups is 1. The molecule has 0 atom stereocenters. The van der Waals surface area contributed by atoms with Crippen molar-refractivity contribution in [1.29, 1.82) is 0 Å². The van der Waals surface area contributed by atoms with Gasteiger partial charge in [-0.15, -0.1) is 11.3 Å². The predicted octanol–water partition coefficient (Wildman–Crippen LogP) is 8.62. The van der Waals surface area contributed by atoms with E-state index in [1.54, 1.807) is 24.3 Å². The second-order valence-electron chi connectivity index (χ2n) is 8.99. The van der Waals surface area contributed by atoms with Crippen LogP contribution in [0.1, 0.15) is 22.6 Å². The molecule has 6 nitrogen and oxygen atoms in total. The van der Waals surface area contributed by atoms with Crippen molar-refractivity contribution in [3.8, 4) is 11.3 Å². The van der Waals surface area contributed by atoms with Gasteiger partial charge in [0.1, 0.15) is 5.76 Å². The number of carbonyl (C=O) groups is 1. The molecule has 0 bridgehead atoms. The number of furan rings is 1. The van der Waals surface area contributed by atoms with Gasteiger partial charge >= 0.3 is 18.4 Å². The highest BCUT2D eigenvalue weighted by molar-refractivity contribution is 7.15. The van der Waals surface area contributed by atoms with Gasteiger partial charge in [0.25, 0.3) is 0 Å². The number of rotatable bonds is 7. The number of benzene rings is 2. The second kappa shape index (κ2) is 11.1. The van der Waals surface area contributed by atoms with Crippen LogP contribution in [-0.4, -0.2) is 26.9 Å². The maximum absolute atomic E-state index is 13.3. The number of halogens is 7. The Morgan fingerprint density at radius 3 is 2.32 bits per heavy atom. The van der Waals surface area contributed by atoms with E-state index in [1.807, 2.05) is 28.1 Å². The molecule has 0 aliphatic carbocycles. The number of fused-ring (bicyclic) bond motifs is 1. The van der Waals surface area contributed by atoms with Crippen molar-refractivity contribution >= 4 is 39.6 Å². The fourth-order valence-electron chi connectivity index (χ4n) is 4.09. The Morgan fingerprint density at radius 1 is 1.02 bits per heavy atom. The third kappa shape index (κ3) is 6.68. The number of aromatic nitrogens is 2. The molecule has 0 spiro atoms. The lowest BCUT2D eigenvalue weighted by atomic mass is 10.1. The normalized spacial score (nSPS) is 12.2. The Labute approximate surface area is 237 Å². The predicted molar refractivity (Wildman–Crippen MR) is 142 cm³/mol. The molecule has 0 aliphatic rings. The average Bonchev–Trinajstić information content (AvgIpc) is 3.64. The van der Waals surface area contributed by atoms with Gasteiger partial charge in [-0.25, -0.2) is 9.78 Å². The van der Waals surface area contributed by atoms with E-state index in [0.29, 0.717) is 40.0 Å². The Morgan fingerprint density at radius 2 is 1.71 bits per heavy atom. The molecule has 0 aliphatic heterocycles. The number of thiazole rings is 1. The van der Waals surface area contributed by atoms with Gasteiger partial charge in [-0.3, -0.25) is 4.40 Å². The number of imidazole rings is 1. The zero-order valence-corrected chi connectivity index (χ0v) is 22.3. The summed E-state index contributed by atoms with van der Waals surface area (Å²) >= 11 is 7.35. The van der Waals surface area contributed by atoms with Crippen LogP contribution in [0.25, 0.3) is 16.2 Å². The van der Waals surface area contributed by atoms with Crippen LogP contribution >= 0.6 is 22.9 Å². The fourth-order valence-corrected chi connectivity index (χ4v) is 5.12. The molecule has 0 saturated heterocycles. The molecule has 2 amide bonds. The van der Waals surface area contributed by atoms with Crippen LogP contribution in [0.4, 0.5) is 36.8 Å². The number of nitrogens with zero attached hydrogens (tertiary/aromatic N) is 3. The molecule has 0 unspecified atom stereocenters. The van der Waals surface area contributed by atoms with E-state index >= 15 is 0 Å². The molecule has 2 aromatic carbocycles. The van der Waals surface area contributed by atoms with E-state index in [-0.39, 0.29) is 19.2 Å². The summed E-state index contributed by atoms with van der Waals surface area (Å²) in [7, 11) is 0. The molecule has 3 heterocycles. The van der Waals surface area contributed by atoms with Gasteiger partial charge in [0.2, 0.25) is 0 Å². The summed E-state index contributed by atoms with van der Waals surface area (Å²) in [5, 5.41) is 4.64. The summed E-state index contributed by atoms with van der Waals surface area (Å²) < 4.78 is 87.0. The number of hydrogen-bond donors (Lipinski definition) is 1. The Hall–Kier alpha value is -3.97. The van der Waals surface area contributed by atoms with E-state index in [2.05, 4.69) is 10.3 Å². The standard InChI is InChI=1S/C27H19ClF6N4O2S/c28-19-5-3-16(4-6-19)23-14-38-21(15-41-25(38)36-23)7-8-37(13-22-2-1-9-40-22)24(39)35-20-11-17(26(29,30)31)10-18(12-20)27(32,33)34/h1-6,9-12,14-15H,7-8,13H2,(H,35,39). The Balaban J connectivity index is 1.38. The minimum absolute atomic E-state index is 0.00150. The van der Waals surface area contributed by atoms with E-state index < -0.39 is 35.2 Å². The molecule has 3 aromatic heterocycles. The third-order valence-electron chi connectivity index (χ3n) is 6.11. The smallest absolute Gasteiger partial charge is 0.416 e. The van der Waals surface area contributed by atoms with E-state index in [4.69, 9.17) is 16.0 Å². The molecule has 214 valence electrons. The van der Waals surface area contributed by atoms with Gasteiger partial charge in [0, 0.05) is 46.5 Å². The van der Waals surface area contributed by atoms with Crippen LogP contribution in [0.15, 0.2) is 76.9 Å². The first kappa shape index (κ1) is 28.6. The average molecular weight is 613 g/mol. The van der Waals surface area contributed by atoms with Gasteiger partial charge in [-0.2, -0.15) is 26.3 Å². The second-order valence-corrected chi connectivity index (χ2v) is 10.3. The van der Waals surface area contributed by atoms with Crippen LogP contribution in [0.5, 0.6) is 0 Å². The van der Waals surface area contributed by atoms with Crippen LogP contribution in [0.3, 0.4) is 0 Å². The molecule has 5 rings (SSSR count). The number of nitrogens with one attached hydrogen (secondary N) is 1. The van der Waals surface area contributed by atoms with Crippen molar-refractivity contribution in [1.82, 2.24) is 14.3 Å². The number of hydrogen-bond acceptors (Lipinski definition) is 4. The van der Waals surface area contributed by atoms with E-state index in [9.17, 15) is 31.1 Å². The van der Waals surface area contributed by atoms with Crippen molar-refractivity contribution in [3.05, 3.63) is 100 Å². The number of alkyl halides is 6. The lowest BCUT2D eigenvalue weighted by molar-refractivity contribution is -0.143. The maximum Gasteiger partial charge on any atom is 0.416 e. The molecule has 41 heavy (non-hydrogen) atoms. The highest BCUT2D eigenvalue weighted by atomic mass is 35.5. The van der Waals surface area contributed by atoms with Crippen LogP contribution in [0.2, 0.25) is 5.02 Å². The fraction of sp³-hybridized carbons (Fsp3) is 0.185. The lowest BCUT2D eigenvalue weighted by Crippen LogP contribution is -2.36. The first-order valence-corrected chi connectivity index (χ1v) is 13.2. The van der Waals surface area contributed by atoms with Crippen molar-refractivity contribution in [2.75, 3.05) is 11.9 Å².